The first-order valence-corrected chi connectivity index (χ1v) is 6.48. The van der Waals surface area contributed by atoms with Crippen molar-refractivity contribution in [1.29, 1.82) is 0 Å². The van der Waals surface area contributed by atoms with Crippen molar-refractivity contribution < 1.29 is 4.79 Å². The minimum atomic E-state index is 0.181. The van der Waals surface area contributed by atoms with Crippen LogP contribution >= 0.6 is 11.8 Å². The predicted molar refractivity (Wildman–Crippen MR) is 63.8 cm³/mol. The normalized spacial score (nSPS) is 12.6. The summed E-state index contributed by atoms with van der Waals surface area (Å²) in [6, 6.07) is 0.341. The van der Waals surface area contributed by atoms with E-state index >= 15 is 0 Å². The van der Waals surface area contributed by atoms with Crippen molar-refractivity contribution in [3.8, 4) is 0 Å². The van der Waals surface area contributed by atoms with Gasteiger partial charge in [-0.05, 0) is 31.9 Å². The van der Waals surface area contributed by atoms with Gasteiger partial charge in [-0.25, -0.2) is 0 Å². The van der Waals surface area contributed by atoms with Crippen LogP contribution in [0.1, 0.15) is 20.3 Å². The van der Waals surface area contributed by atoms with E-state index in [1.165, 1.54) is 0 Å². The molecule has 14 heavy (non-hydrogen) atoms. The Hall–Kier alpha value is -0.220. The van der Waals surface area contributed by atoms with Gasteiger partial charge in [0.05, 0.1) is 6.54 Å². The van der Waals surface area contributed by atoms with Gasteiger partial charge in [-0.1, -0.05) is 6.92 Å². The molecule has 0 saturated heterocycles. The third-order valence-electron chi connectivity index (χ3n) is 2.32. The third-order valence-corrected chi connectivity index (χ3v) is 2.96. The number of amides is 1. The van der Waals surface area contributed by atoms with Gasteiger partial charge in [0, 0.05) is 13.1 Å². The van der Waals surface area contributed by atoms with Crippen LogP contribution in [0.3, 0.4) is 0 Å². The van der Waals surface area contributed by atoms with Crippen molar-refractivity contribution in [2.75, 3.05) is 32.1 Å². The van der Waals surface area contributed by atoms with Gasteiger partial charge in [0.1, 0.15) is 0 Å². The van der Waals surface area contributed by atoms with Crippen LogP contribution in [0.4, 0.5) is 0 Å². The first-order valence-electron chi connectivity index (χ1n) is 5.08. The van der Waals surface area contributed by atoms with Gasteiger partial charge in [-0.3, -0.25) is 4.79 Å². The lowest BCUT2D eigenvalue weighted by Crippen LogP contribution is -2.40. The van der Waals surface area contributed by atoms with Gasteiger partial charge in [-0.2, -0.15) is 11.8 Å². The maximum absolute atomic E-state index is 11.6. The van der Waals surface area contributed by atoms with Gasteiger partial charge < -0.3 is 10.2 Å². The highest BCUT2D eigenvalue weighted by Gasteiger charge is 2.14. The fraction of sp³-hybridized carbons (Fsp3) is 0.900. The van der Waals surface area contributed by atoms with E-state index in [1.54, 1.807) is 0 Å². The number of rotatable bonds is 7. The largest absolute Gasteiger partial charge is 0.342 e. The van der Waals surface area contributed by atoms with E-state index in [0.29, 0.717) is 12.6 Å². The first-order chi connectivity index (χ1) is 6.63. The quantitative estimate of drug-likeness (QED) is 0.697. The summed E-state index contributed by atoms with van der Waals surface area (Å²) in [5.41, 5.74) is 0. The second-order valence-electron chi connectivity index (χ2n) is 3.42. The third kappa shape index (κ3) is 5.50. The second-order valence-corrected chi connectivity index (χ2v) is 4.40. The van der Waals surface area contributed by atoms with Crippen LogP contribution < -0.4 is 5.32 Å². The molecule has 0 aromatic rings. The molecule has 0 aliphatic heterocycles. The van der Waals surface area contributed by atoms with Gasteiger partial charge in [-0.15, -0.1) is 0 Å². The molecule has 1 N–H and O–H groups in total. The molecule has 0 aliphatic rings. The van der Waals surface area contributed by atoms with E-state index in [4.69, 9.17) is 0 Å². The van der Waals surface area contributed by atoms with Crippen LogP contribution in [0.5, 0.6) is 0 Å². The maximum Gasteiger partial charge on any atom is 0.236 e. The number of hydrogen-bond acceptors (Lipinski definition) is 3. The van der Waals surface area contributed by atoms with Crippen molar-refractivity contribution in [2.24, 2.45) is 0 Å². The molecule has 1 unspecified atom stereocenters. The Labute approximate surface area is 91.6 Å². The SMILES string of the molecule is CCNCC(=O)N(C)C(C)CCSC. The van der Waals surface area contributed by atoms with Crippen molar-refractivity contribution in [1.82, 2.24) is 10.2 Å². The zero-order chi connectivity index (χ0) is 11.0. The van der Waals surface area contributed by atoms with E-state index < -0.39 is 0 Å². The Morgan fingerprint density at radius 3 is 2.71 bits per heavy atom. The average Bonchev–Trinajstić information content (AvgIpc) is 2.21. The highest BCUT2D eigenvalue weighted by Crippen LogP contribution is 2.05. The number of nitrogens with one attached hydrogen (secondary N) is 1. The molecule has 84 valence electrons. The van der Waals surface area contributed by atoms with Crippen LogP contribution in [0.15, 0.2) is 0 Å². The summed E-state index contributed by atoms with van der Waals surface area (Å²) >= 11 is 1.82. The molecule has 4 heteroatoms. The number of nitrogens with zero attached hydrogens (tertiary/aromatic N) is 1. The minimum absolute atomic E-state index is 0.181. The lowest BCUT2D eigenvalue weighted by atomic mass is 10.2. The molecule has 0 aliphatic carbocycles. The second kappa shape index (κ2) is 8.12. The highest BCUT2D eigenvalue weighted by molar-refractivity contribution is 7.98. The van der Waals surface area contributed by atoms with Gasteiger partial charge in [0.25, 0.3) is 0 Å². The molecule has 0 aromatic heterocycles. The fourth-order valence-electron chi connectivity index (χ4n) is 1.08. The summed E-state index contributed by atoms with van der Waals surface area (Å²) in [4.78, 5) is 13.4. The van der Waals surface area contributed by atoms with Crippen molar-refractivity contribution >= 4 is 17.7 Å². The van der Waals surface area contributed by atoms with E-state index in [0.717, 1.165) is 18.7 Å². The molecule has 1 atom stereocenters. The topological polar surface area (TPSA) is 32.3 Å². The van der Waals surface area contributed by atoms with Crippen LogP contribution in [0, 0.1) is 0 Å². The Kier molecular flexibility index (Phi) is 7.99. The lowest BCUT2D eigenvalue weighted by molar-refractivity contribution is -0.130. The van der Waals surface area contributed by atoms with E-state index in [2.05, 4.69) is 18.5 Å². The fourth-order valence-corrected chi connectivity index (χ4v) is 1.66. The van der Waals surface area contributed by atoms with E-state index in [9.17, 15) is 4.79 Å². The number of carbonyl (C=O) groups excluding carboxylic acids is 1. The lowest BCUT2D eigenvalue weighted by Gasteiger charge is -2.24. The maximum atomic E-state index is 11.6. The summed E-state index contributed by atoms with van der Waals surface area (Å²) in [5.74, 6) is 1.29. The number of thioether (sulfide) groups is 1. The standard InChI is InChI=1S/C10H22N2OS/c1-5-11-8-10(13)12(3)9(2)6-7-14-4/h9,11H,5-8H2,1-4H3. The van der Waals surface area contributed by atoms with Gasteiger partial charge >= 0.3 is 0 Å². The smallest absolute Gasteiger partial charge is 0.236 e. The molecule has 3 nitrogen and oxygen atoms in total. The molecule has 0 radical (unpaired) electrons. The van der Waals surface area contributed by atoms with Crippen LogP contribution in [0.2, 0.25) is 0 Å². The number of hydrogen-bond donors (Lipinski definition) is 1. The van der Waals surface area contributed by atoms with E-state index in [-0.39, 0.29) is 5.91 Å². The molecule has 0 saturated carbocycles. The summed E-state index contributed by atoms with van der Waals surface area (Å²) in [5, 5.41) is 3.04. The molecule has 0 bridgehead atoms. The molecular weight excluding hydrogens is 196 g/mol. The van der Waals surface area contributed by atoms with Gasteiger partial charge in [0.15, 0.2) is 0 Å². The molecule has 0 aromatic carbocycles. The zero-order valence-electron chi connectivity index (χ0n) is 9.67. The zero-order valence-corrected chi connectivity index (χ0v) is 10.5. The Balaban J connectivity index is 3.78. The molecular formula is C10H22N2OS. The molecule has 1 amide bonds. The minimum Gasteiger partial charge on any atom is -0.342 e. The van der Waals surface area contributed by atoms with Crippen molar-refractivity contribution in [3.05, 3.63) is 0 Å². The highest BCUT2D eigenvalue weighted by atomic mass is 32.2. The monoisotopic (exact) mass is 218 g/mol. The van der Waals surface area contributed by atoms with Crippen molar-refractivity contribution in [3.63, 3.8) is 0 Å². The van der Waals surface area contributed by atoms with Crippen molar-refractivity contribution in [2.45, 2.75) is 26.3 Å². The predicted octanol–water partition coefficient (Wildman–Crippen LogP) is 1.20. The number of likely N-dealkylation sites (N-methyl/N-ethyl adjacent to an activating group) is 2. The molecule has 0 spiro atoms. The molecule has 0 fully saturated rings. The summed E-state index contributed by atoms with van der Waals surface area (Å²) < 4.78 is 0. The Bertz CT molecular complexity index is 164. The van der Waals surface area contributed by atoms with Crippen LogP contribution in [-0.4, -0.2) is 49.0 Å². The average molecular weight is 218 g/mol. The molecule has 0 rings (SSSR count). The van der Waals surface area contributed by atoms with E-state index in [1.807, 2.05) is 30.6 Å². The summed E-state index contributed by atoms with van der Waals surface area (Å²) in [6.07, 6.45) is 3.16. The summed E-state index contributed by atoms with van der Waals surface area (Å²) in [6.45, 7) is 5.40. The summed E-state index contributed by atoms with van der Waals surface area (Å²) in [7, 11) is 1.88. The first kappa shape index (κ1) is 13.8. The molecule has 0 heterocycles. The van der Waals surface area contributed by atoms with Gasteiger partial charge in [0.2, 0.25) is 5.91 Å². The Morgan fingerprint density at radius 2 is 2.21 bits per heavy atom. The van der Waals surface area contributed by atoms with Crippen LogP contribution in [0.25, 0.3) is 0 Å². The number of carbonyl (C=O) groups is 1. The van der Waals surface area contributed by atoms with Crippen LogP contribution in [-0.2, 0) is 4.79 Å². The Morgan fingerprint density at radius 1 is 1.57 bits per heavy atom.